The monoisotopic (exact) mass is 176 g/mol. The van der Waals surface area contributed by atoms with Crippen LogP contribution in [0.5, 0.6) is 0 Å². The Morgan fingerprint density at radius 2 is 1.30 bits per heavy atom. The van der Waals surface area contributed by atoms with Gasteiger partial charge in [0.25, 0.3) is 0 Å². The van der Waals surface area contributed by atoms with Crippen LogP contribution in [0.2, 0.25) is 0 Å². The van der Waals surface area contributed by atoms with Crippen molar-refractivity contribution in [2.45, 2.75) is 0 Å². The maximum Gasteiger partial charge on any atom is 0.316 e. The minimum Gasteiger partial charge on any atom is -0.526 e. The molecular formula is C4H8O4Si2. The van der Waals surface area contributed by atoms with E-state index in [0.29, 0.717) is 21.0 Å². The van der Waals surface area contributed by atoms with Crippen molar-refractivity contribution < 1.29 is 18.4 Å². The SMILES string of the molecule is O=C(C=CC(=O)O[SiH3])O[SiH3]. The molecule has 6 heteroatoms. The number of hydrogen-bond acceptors (Lipinski definition) is 4. The fourth-order valence-electron chi connectivity index (χ4n) is 0.272. The van der Waals surface area contributed by atoms with Crippen LogP contribution in [-0.2, 0) is 18.4 Å². The Morgan fingerprint density at radius 3 is 1.50 bits per heavy atom. The third-order valence-electron chi connectivity index (χ3n) is 0.758. The highest BCUT2D eigenvalue weighted by Crippen LogP contribution is 1.79. The van der Waals surface area contributed by atoms with Crippen LogP contribution in [0, 0.1) is 0 Å². The van der Waals surface area contributed by atoms with E-state index in [9.17, 15) is 9.59 Å². The maximum absolute atomic E-state index is 10.4. The molecule has 0 heterocycles. The molecule has 0 amide bonds. The first-order valence-electron chi connectivity index (χ1n) is 2.54. The van der Waals surface area contributed by atoms with Crippen molar-refractivity contribution in [2.75, 3.05) is 0 Å². The average molecular weight is 176 g/mol. The molecule has 0 aliphatic rings. The Labute approximate surface area is 64.3 Å². The molecule has 0 bridgehead atoms. The van der Waals surface area contributed by atoms with Crippen molar-refractivity contribution >= 4 is 32.9 Å². The Morgan fingerprint density at radius 1 is 1.00 bits per heavy atom. The summed E-state index contributed by atoms with van der Waals surface area (Å²) < 4.78 is 8.72. The molecule has 0 aromatic heterocycles. The van der Waals surface area contributed by atoms with Crippen molar-refractivity contribution in [3.8, 4) is 0 Å². The second-order valence-corrected chi connectivity index (χ2v) is 2.20. The maximum atomic E-state index is 10.4. The summed E-state index contributed by atoms with van der Waals surface area (Å²) in [7, 11) is 0.680. The van der Waals surface area contributed by atoms with E-state index in [2.05, 4.69) is 8.85 Å². The van der Waals surface area contributed by atoms with Gasteiger partial charge in [0.05, 0.1) is 0 Å². The highest BCUT2D eigenvalue weighted by Gasteiger charge is 1.93. The van der Waals surface area contributed by atoms with E-state index in [4.69, 9.17) is 0 Å². The first-order chi connectivity index (χ1) is 4.70. The first-order valence-corrected chi connectivity index (χ1v) is 4.18. The molecule has 0 fully saturated rings. The molecule has 56 valence electrons. The molecule has 0 radical (unpaired) electrons. The molecule has 4 nitrogen and oxygen atoms in total. The number of rotatable bonds is 2. The topological polar surface area (TPSA) is 52.6 Å². The lowest BCUT2D eigenvalue weighted by molar-refractivity contribution is -0.131. The molecule has 0 aliphatic heterocycles. The molecule has 0 N–H and O–H groups in total. The lowest BCUT2D eigenvalue weighted by Crippen LogP contribution is -2.00. The zero-order valence-electron chi connectivity index (χ0n) is 5.79. The van der Waals surface area contributed by atoms with Gasteiger partial charge >= 0.3 is 11.9 Å². The minimum atomic E-state index is -0.501. The van der Waals surface area contributed by atoms with Gasteiger partial charge in [0.2, 0.25) is 21.0 Å². The Hall–Kier alpha value is -0.886. The van der Waals surface area contributed by atoms with E-state index in [1.165, 1.54) is 0 Å². The number of hydrogen-bond donors (Lipinski definition) is 0. The van der Waals surface area contributed by atoms with E-state index >= 15 is 0 Å². The van der Waals surface area contributed by atoms with Crippen LogP contribution in [0.15, 0.2) is 12.2 Å². The van der Waals surface area contributed by atoms with Crippen LogP contribution >= 0.6 is 0 Å². The predicted octanol–water partition coefficient (Wildman–Crippen LogP) is -2.81. The standard InChI is InChI=1S/C4H8O4Si2/c5-3(7-9)1-2-4(6)8-10/h1-2H,9-10H3. The van der Waals surface area contributed by atoms with Gasteiger partial charge in [-0.15, -0.1) is 0 Å². The largest absolute Gasteiger partial charge is 0.526 e. The van der Waals surface area contributed by atoms with E-state index in [0.717, 1.165) is 12.2 Å². The summed E-state index contributed by atoms with van der Waals surface area (Å²) in [6, 6.07) is 0. The van der Waals surface area contributed by atoms with Gasteiger partial charge in [-0.05, 0) is 0 Å². The fourth-order valence-corrected chi connectivity index (χ4v) is 0.544. The summed E-state index contributed by atoms with van der Waals surface area (Å²) in [5.41, 5.74) is 0. The molecule has 0 aliphatic carbocycles. The molecule has 0 spiro atoms. The van der Waals surface area contributed by atoms with Gasteiger partial charge in [0, 0.05) is 12.2 Å². The highest BCUT2D eigenvalue weighted by molar-refractivity contribution is 6.10. The summed E-state index contributed by atoms with van der Waals surface area (Å²) in [4.78, 5) is 20.7. The average Bonchev–Trinajstić information content (AvgIpc) is 1.99. The Kier molecular flexibility index (Phi) is 4.51. The summed E-state index contributed by atoms with van der Waals surface area (Å²) in [5.74, 6) is -1.00. The van der Waals surface area contributed by atoms with Crippen LogP contribution in [0.1, 0.15) is 0 Å². The Balaban J connectivity index is 3.75. The molecular weight excluding hydrogens is 168 g/mol. The Bertz CT molecular complexity index is 147. The number of carbonyl (C=O) groups excluding carboxylic acids is 2. The zero-order chi connectivity index (χ0) is 7.98. The van der Waals surface area contributed by atoms with Gasteiger partial charge in [-0.2, -0.15) is 0 Å². The summed E-state index contributed by atoms with van der Waals surface area (Å²) >= 11 is 0. The molecule has 0 atom stereocenters. The molecule has 0 saturated heterocycles. The summed E-state index contributed by atoms with van der Waals surface area (Å²) in [6.07, 6.45) is 2.10. The third kappa shape index (κ3) is 4.04. The van der Waals surface area contributed by atoms with E-state index < -0.39 is 11.9 Å². The van der Waals surface area contributed by atoms with Gasteiger partial charge in [-0.1, -0.05) is 0 Å². The van der Waals surface area contributed by atoms with Crippen molar-refractivity contribution in [1.82, 2.24) is 0 Å². The van der Waals surface area contributed by atoms with E-state index in [-0.39, 0.29) is 0 Å². The quantitative estimate of drug-likeness (QED) is 0.337. The smallest absolute Gasteiger partial charge is 0.316 e. The summed E-state index contributed by atoms with van der Waals surface area (Å²) in [5, 5.41) is 0. The van der Waals surface area contributed by atoms with E-state index in [1.54, 1.807) is 0 Å². The molecule has 0 aromatic rings. The second kappa shape index (κ2) is 4.94. The lowest BCUT2D eigenvalue weighted by Gasteiger charge is -1.90. The van der Waals surface area contributed by atoms with E-state index in [1.807, 2.05) is 0 Å². The summed E-state index contributed by atoms with van der Waals surface area (Å²) in [6.45, 7) is 0. The first kappa shape index (κ1) is 9.11. The van der Waals surface area contributed by atoms with Gasteiger partial charge in [0.1, 0.15) is 0 Å². The van der Waals surface area contributed by atoms with Gasteiger partial charge in [0.15, 0.2) is 0 Å². The minimum absolute atomic E-state index is 0.340. The second-order valence-electron chi connectivity index (χ2n) is 1.38. The van der Waals surface area contributed by atoms with Crippen LogP contribution < -0.4 is 0 Å². The lowest BCUT2D eigenvalue weighted by atomic mass is 10.5. The van der Waals surface area contributed by atoms with Gasteiger partial charge in [-0.25, -0.2) is 9.59 Å². The van der Waals surface area contributed by atoms with Crippen molar-refractivity contribution in [2.24, 2.45) is 0 Å². The fraction of sp³-hybridized carbons (Fsp3) is 0. The van der Waals surface area contributed by atoms with Crippen molar-refractivity contribution in [1.29, 1.82) is 0 Å². The normalized spacial score (nSPS) is 10.0. The van der Waals surface area contributed by atoms with Crippen molar-refractivity contribution in [3.63, 3.8) is 0 Å². The van der Waals surface area contributed by atoms with Crippen LogP contribution in [0.3, 0.4) is 0 Å². The molecule has 10 heavy (non-hydrogen) atoms. The highest BCUT2D eigenvalue weighted by atomic mass is 28.2. The van der Waals surface area contributed by atoms with Crippen LogP contribution in [0.4, 0.5) is 0 Å². The zero-order valence-corrected chi connectivity index (χ0v) is 9.79. The molecule has 0 unspecified atom stereocenters. The predicted molar refractivity (Wildman–Crippen MR) is 41.2 cm³/mol. The van der Waals surface area contributed by atoms with Gasteiger partial charge in [-0.3, -0.25) is 0 Å². The molecule has 0 saturated carbocycles. The molecule has 0 rings (SSSR count). The number of carbonyl (C=O) groups is 2. The van der Waals surface area contributed by atoms with Crippen molar-refractivity contribution in [3.05, 3.63) is 12.2 Å². The van der Waals surface area contributed by atoms with Crippen LogP contribution in [-0.4, -0.2) is 32.9 Å². The molecule has 0 aromatic carbocycles. The van der Waals surface area contributed by atoms with Crippen LogP contribution in [0.25, 0.3) is 0 Å². The third-order valence-corrected chi connectivity index (χ3v) is 1.56. The van der Waals surface area contributed by atoms with Gasteiger partial charge < -0.3 is 8.85 Å².